The predicted octanol–water partition coefficient (Wildman–Crippen LogP) is 7.00. The second kappa shape index (κ2) is 10.6. The van der Waals surface area contributed by atoms with Crippen molar-refractivity contribution < 1.29 is 0 Å². The zero-order valence-electron chi connectivity index (χ0n) is 19.6. The second-order valence-electron chi connectivity index (χ2n) is 9.07. The fraction of sp³-hybridized carbons (Fsp3) is 0.367. The molecule has 1 aliphatic heterocycles. The smallest absolute Gasteiger partial charge is 0.0273 e. The average Bonchev–Trinajstić information content (AvgIpc) is 3.69. The predicted molar refractivity (Wildman–Crippen MR) is 137 cm³/mol. The Morgan fingerprint density at radius 2 is 1.69 bits per heavy atom. The first-order valence-corrected chi connectivity index (χ1v) is 11.9. The van der Waals surface area contributed by atoms with Gasteiger partial charge in [0, 0.05) is 43.3 Å². The van der Waals surface area contributed by atoms with E-state index in [1.807, 2.05) is 13.1 Å². The van der Waals surface area contributed by atoms with E-state index in [-0.39, 0.29) is 0 Å². The first kappa shape index (κ1) is 22.3. The summed E-state index contributed by atoms with van der Waals surface area (Å²) in [4.78, 5) is 7.38. The monoisotopic (exact) mass is 422 g/mol. The van der Waals surface area contributed by atoms with Crippen molar-refractivity contribution in [1.82, 2.24) is 4.90 Å². The third-order valence-corrected chi connectivity index (χ3v) is 6.65. The van der Waals surface area contributed by atoms with Crippen LogP contribution in [0.3, 0.4) is 0 Å². The molecule has 0 saturated heterocycles. The zero-order valence-corrected chi connectivity index (χ0v) is 19.6. The van der Waals surface area contributed by atoms with Crippen molar-refractivity contribution in [2.45, 2.75) is 52.0 Å². The highest BCUT2D eigenvalue weighted by Gasteiger charge is 2.26. The number of nitrogens with zero attached hydrogens (tertiary/aromatic N) is 2. The van der Waals surface area contributed by atoms with E-state index in [1.165, 1.54) is 46.4 Å². The maximum Gasteiger partial charge on any atom is 0.0273 e. The van der Waals surface area contributed by atoms with E-state index in [9.17, 15) is 0 Å². The fourth-order valence-corrected chi connectivity index (χ4v) is 4.36. The molecule has 1 saturated carbocycles. The van der Waals surface area contributed by atoms with Crippen LogP contribution in [0.25, 0.3) is 16.7 Å². The minimum atomic E-state index is 0.378. The van der Waals surface area contributed by atoms with E-state index in [4.69, 9.17) is 4.99 Å². The van der Waals surface area contributed by atoms with Gasteiger partial charge < -0.3 is 4.90 Å². The fourth-order valence-electron chi connectivity index (χ4n) is 4.36. The van der Waals surface area contributed by atoms with Crippen LogP contribution in [0.5, 0.6) is 0 Å². The lowest BCUT2D eigenvalue weighted by Crippen LogP contribution is -2.23. The Morgan fingerprint density at radius 3 is 2.38 bits per heavy atom. The summed E-state index contributed by atoms with van der Waals surface area (Å²) < 4.78 is 0. The molecule has 4 rings (SSSR count). The van der Waals surface area contributed by atoms with Crippen LogP contribution >= 0.6 is 0 Å². The Morgan fingerprint density at radius 1 is 1.00 bits per heavy atom. The quantitative estimate of drug-likeness (QED) is 0.418. The van der Waals surface area contributed by atoms with E-state index >= 15 is 0 Å². The van der Waals surface area contributed by atoms with Crippen molar-refractivity contribution in [3.63, 3.8) is 0 Å². The van der Waals surface area contributed by atoms with Gasteiger partial charge in [0.15, 0.2) is 0 Å². The lowest BCUT2D eigenvalue weighted by Gasteiger charge is -2.20. The minimum absolute atomic E-state index is 0.378. The van der Waals surface area contributed by atoms with Gasteiger partial charge in [-0.1, -0.05) is 67.1 Å². The number of allylic oxidation sites excluding steroid dienone is 2. The summed E-state index contributed by atoms with van der Waals surface area (Å²) in [7, 11) is 2.27. The summed E-state index contributed by atoms with van der Waals surface area (Å²) in [5, 5.41) is 0. The molecule has 164 valence electrons. The van der Waals surface area contributed by atoms with Crippen molar-refractivity contribution in [3.8, 4) is 23.0 Å². The summed E-state index contributed by atoms with van der Waals surface area (Å²) in [6.07, 6.45) is 9.81. The number of hydrogen-bond acceptors (Lipinski definition) is 2. The highest BCUT2D eigenvalue weighted by atomic mass is 15.1. The molecule has 32 heavy (non-hydrogen) atoms. The summed E-state index contributed by atoms with van der Waals surface area (Å²) in [5.74, 6) is 6.65. The van der Waals surface area contributed by atoms with E-state index in [0.717, 1.165) is 31.8 Å². The van der Waals surface area contributed by atoms with Crippen LogP contribution < -0.4 is 0 Å². The molecule has 0 spiro atoms. The molecule has 1 atom stereocenters. The van der Waals surface area contributed by atoms with Gasteiger partial charge in [-0.15, -0.1) is 11.8 Å². The maximum absolute atomic E-state index is 4.85. The van der Waals surface area contributed by atoms with E-state index in [0.29, 0.717) is 5.92 Å². The van der Waals surface area contributed by atoms with Gasteiger partial charge in [0.05, 0.1) is 0 Å². The van der Waals surface area contributed by atoms with Crippen molar-refractivity contribution in [2.75, 3.05) is 13.6 Å². The molecule has 2 aromatic rings. The molecule has 0 bridgehead atoms. The van der Waals surface area contributed by atoms with Crippen LogP contribution in [0.1, 0.15) is 51.5 Å². The molecule has 1 heterocycles. The molecule has 0 radical (unpaired) electrons. The van der Waals surface area contributed by atoms with Crippen molar-refractivity contribution in [3.05, 3.63) is 78.0 Å². The molecule has 1 aliphatic carbocycles. The Balaban J connectivity index is 1.60. The van der Waals surface area contributed by atoms with Gasteiger partial charge in [-0.2, -0.15) is 0 Å². The number of benzene rings is 2. The summed E-state index contributed by atoms with van der Waals surface area (Å²) in [6, 6.07) is 20.4. The molecule has 1 fully saturated rings. The highest BCUT2D eigenvalue weighted by molar-refractivity contribution is 5.93. The summed E-state index contributed by atoms with van der Waals surface area (Å²) in [5.41, 5.74) is 7.88. The topological polar surface area (TPSA) is 15.6 Å². The van der Waals surface area contributed by atoms with Gasteiger partial charge in [-0.05, 0) is 61.6 Å². The van der Waals surface area contributed by atoms with Gasteiger partial charge in [0.2, 0.25) is 0 Å². The first-order valence-electron chi connectivity index (χ1n) is 11.9. The lowest BCUT2D eigenvalue weighted by molar-refractivity contribution is 0.328. The largest absolute Gasteiger partial charge is 0.303 e. The third kappa shape index (κ3) is 5.67. The van der Waals surface area contributed by atoms with Gasteiger partial charge in [-0.25, -0.2) is 0 Å². The summed E-state index contributed by atoms with van der Waals surface area (Å²) in [6.45, 7) is 5.28. The molecule has 2 heteroatoms. The zero-order chi connectivity index (χ0) is 22.3. The molecule has 1 unspecified atom stereocenters. The Kier molecular flexibility index (Phi) is 7.40. The molecule has 2 aromatic carbocycles. The van der Waals surface area contributed by atoms with Gasteiger partial charge in [0.25, 0.3) is 0 Å². The highest BCUT2D eigenvalue weighted by Crippen LogP contribution is 2.32. The Labute approximate surface area is 193 Å². The lowest BCUT2D eigenvalue weighted by atomic mass is 9.89. The molecule has 2 aliphatic rings. The van der Waals surface area contributed by atoms with Gasteiger partial charge in [-0.3, -0.25) is 4.99 Å². The maximum atomic E-state index is 4.85. The number of aliphatic imine (C=N–C) groups is 1. The van der Waals surface area contributed by atoms with Crippen molar-refractivity contribution in [2.24, 2.45) is 10.9 Å². The molecule has 0 aromatic heterocycles. The van der Waals surface area contributed by atoms with Crippen LogP contribution in [-0.4, -0.2) is 30.2 Å². The standard InChI is InChI=1S/C30H34N2/c1-4-5-9-23(2)30-22-27(19-21-32(3)28-16-17-28)29(18-20-31-30)26-14-12-25(13-15-26)24-10-7-6-8-11-24/h6-8,10-15,18,20,23,28H,9,16-17,19,21-22H2,1-3H3. The molecular formula is C30H34N2. The molecular weight excluding hydrogens is 388 g/mol. The van der Waals surface area contributed by atoms with Crippen LogP contribution in [0.2, 0.25) is 0 Å². The average molecular weight is 423 g/mol. The number of rotatable bonds is 8. The van der Waals surface area contributed by atoms with Gasteiger partial charge >= 0.3 is 0 Å². The normalized spacial score (nSPS) is 16.9. The van der Waals surface area contributed by atoms with E-state index in [2.05, 4.69) is 91.4 Å². The van der Waals surface area contributed by atoms with Crippen molar-refractivity contribution >= 4 is 11.3 Å². The summed E-state index contributed by atoms with van der Waals surface area (Å²) >= 11 is 0. The third-order valence-electron chi connectivity index (χ3n) is 6.65. The van der Waals surface area contributed by atoms with E-state index < -0.39 is 0 Å². The molecule has 0 amide bonds. The SMILES string of the molecule is CC#CCC(C)C1=NC=CC(c2ccc(-c3ccccc3)cc2)=C(CCN(C)C2CC2)C1. The van der Waals surface area contributed by atoms with E-state index in [1.54, 1.807) is 0 Å². The van der Waals surface area contributed by atoms with Crippen LogP contribution in [-0.2, 0) is 0 Å². The van der Waals surface area contributed by atoms with Crippen molar-refractivity contribution in [1.29, 1.82) is 0 Å². The Bertz CT molecular complexity index is 1060. The molecule has 0 N–H and O–H groups in total. The number of hydrogen-bond donors (Lipinski definition) is 0. The second-order valence-corrected chi connectivity index (χ2v) is 9.07. The first-order chi connectivity index (χ1) is 15.7. The Hall–Kier alpha value is -2.89. The minimum Gasteiger partial charge on any atom is -0.303 e. The van der Waals surface area contributed by atoms with Crippen LogP contribution in [0.15, 0.2) is 77.4 Å². The van der Waals surface area contributed by atoms with Gasteiger partial charge in [0.1, 0.15) is 0 Å². The molecule has 2 nitrogen and oxygen atoms in total. The van der Waals surface area contributed by atoms with Crippen LogP contribution in [0, 0.1) is 17.8 Å². The van der Waals surface area contributed by atoms with Crippen LogP contribution in [0.4, 0.5) is 0 Å².